The number of hydrogen-bond acceptors (Lipinski definition) is 7. The van der Waals surface area contributed by atoms with Crippen LogP contribution in [0.1, 0.15) is 4.88 Å². The molecule has 3 rings (SSSR count). The second-order valence-electron chi connectivity index (χ2n) is 4.26. The Morgan fingerprint density at radius 2 is 2.37 bits per heavy atom. The number of rotatable bonds is 3. The van der Waals surface area contributed by atoms with Crippen LogP contribution in [0.3, 0.4) is 0 Å². The summed E-state index contributed by atoms with van der Waals surface area (Å²) in [4.78, 5) is 21.5. The monoisotopic (exact) mass is 278 g/mol. The molecule has 2 aromatic heterocycles. The van der Waals surface area contributed by atoms with Crippen molar-refractivity contribution in [2.45, 2.75) is 12.7 Å². The Bertz CT molecular complexity index is 637. The highest BCUT2D eigenvalue weighted by Crippen LogP contribution is 2.28. The topological polar surface area (TPSA) is 113 Å². The summed E-state index contributed by atoms with van der Waals surface area (Å²) in [6.07, 6.45) is 0.395. The van der Waals surface area contributed by atoms with Crippen molar-refractivity contribution in [2.75, 3.05) is 22.5 Å². The molecule has 2 aromatic rings. The number of anilines is 3. The third-order valence-corrected chi connectivity index (χ3v) is 3.93. The van der Waals surface area contributed by atoms with Crippen LogP contribution in [-0.4, -0.2) is 22.8 Å². The van der Waals surface area contributed by atoms with Crippen LogP contribution < -0.4 is 27.2 Å². The van der Waals surface area contributed by atoms with Crippen LogP contribution in [0, 0.1) is 0 Å². The number of fused-ring (bicyclic) bond motifs is 1. The Balaban J connectivity index is 1.86. The van der Waals surface area contributed by atoms with E-state index < -0.39 is 6.29 Å². The van der Waals surface area contributed by atoms with Crippen molar-refractivity contribution in [3.8, 4) is 0 Å². The average Bonchev–Trinajstić information content (AvgIpc) is 2.95. The summed E-state index contributed by atoms with van der Waals surface area (Å²) in [7, 11) is 0. The number of thiophene rings is 1. The Hall–Kier alpha value is -2.06. The van der Waals surface area contributed by atoms with Crippen LogP contribution in [0.2, 0.25) is 0 Å². The van der Waals surface area contributed by atoms with Gasteiger partial charge in [-0.3, -0.25) is 15.5 Å². The Morgan fingerprint density at radius 3 is 3.11 bits per heavy atom. The molecule has 3 heterocycles. The molecule has 6 N–H and O–H groups in total. The first-order valence-electron chi connectivity index (χ1n) is 5.86. The Morgan fingerprint density at radius 1 is 1.53 bits per heavy atom. The predicted octanol–water partition coefficient (Wildman–Crippen LogP) is 0.130. The summed E-state index contributed by atoms with van der Waals surface area (Å²) < 4.78 is 0. The van der Waals surface area contributed by atoms with Crippen molar-refractivity contribution >= 4 is 28.8 Å². The molecule has 0 fully saturated rings. The smallest absolute Gasteiger partial charge is 0.277 e. The molecule has 0 saturated heterocycles. The van der Waals surface area contributed by atoms with Gasteiger partial charge in [-0.2, -0.15) is 4.98 Å². The van der Waals surface area contributed by atoms with Gasteiger partial charge in [-0.05, 0) is 17.9 Å². The molecule has 1 unspecified atom stereocenters. The molecule has 19 heavy (non-hydrogen) atoms. The van der Waals surface area contributed by atoms with Crippen LogP contribution in [0.4, 0.5) is 17.5 Å². The van der Waals surface area contributed by atoms with Crippen molar-refractivity contribution in [1.82, 2.24) is 9.97 Å². The average molecular weight is 278 g/mol. The molecule has 0 spiro atoms. The number of hydrogen-bond donors (Lipinski definition) is 4. The fourth-order valence-electron chi connectivity index (χ4n) is 2.10. The first-order valence-corrected chi connectivity index (χ1v) is 6.74. The van der Waals surface area contributed by atoms with E-state index in [4.69, 9.17) is 11.5 Å². The molecule has 0 amide bonds. The summed E-state index contributed by atoms with van der Waals surface area (Å²) in [5.74, 6) is 0.617. The summed E-state index contributed by atoms with van der Waals surface area (Å²) in [6.45, 7) is 0.678. The highest BCUT2D eigenvalue weighted by Gasteiger charge is 2.29. The predicted molar refractivity (Wildman–Crippen MR) is 76.2 cm³/mol. The third-order valence-electron chi connectivity index (χ3n) is 3.00. The van der Waals surface area contributed by atoms with Gasteiger partial charge in [0.2, 0.25) is 5.95 Å². The standard InChI is InChI=1S/C11H14N6OS/c12-10-15-8-7(9(18)16-10)14-11(13)17(8)4-3-6-2-1-5-19-6/h1-2,5,11,14H,3-4,13H2,(H3,12,15,16,18). The van der Waals surface area contributed by atoms with Gasteiger partial charge < -0.3 is 16.0 Å². The second-order valence-corrected chi connectivity index (χ2v) is 5.29. The third kappa shape index (κ3) is 2.15. The lowest BCUT2D eigenvalue weighted by Gasteiger charge is -2.22. The molecule has 0 radical (unpaired) electrons. The van der Waals surface area contributed by atoms with Crippen LogP contribution >= 0.6 is 11.3 Å². The first kappa shape index (κ1) is 12.0. The lowest BCUT2D eigenvalue weighted by Crippen LogP contribution is -2.44. The molecule has 0 saturated carbocycles. The second kappa shape index (κ2) is 4.56. The maximum Gasteiger partial charge on any atom is 0.277 e. The highest BCUT2D eigenvalue weighted by molar-refractivity contribution is 7.09. The fraction of sp³-hybridized carbons (Fsp3) is 0.273. The molecule has 0 aliphatic carbocycles. The molecule has 1 aliphatic rings. The van der Waals surface area contributed by atoms with Crippen molar-refractivity contribution in [1.29, 1.82) is 0 Å². The van der Waals surface area contributed by atoms with E-state index in [-0.39, 0.29) is 11.5 Å². The number of nitrogens with two attached hydrogens (primary N) is 2. The number of aromatic amines is 1. The minimum absolute atomic E-state index is 0.0979. The van der Waals surface area contributed by atoms with Gasteiger partial charge in [0.05, 0.1) is 0 Å². The van der Waals surface area contributed by atoms with Gasteiger partial charge in [0, 0.05) is 11.4 Å². The SMILES string of the molecule is Nc1nc2c(c(=O)[nH]1)NC(N)N2CCc1cccs1. The van der Waals surface area contributed by atoms with E-state index >= 15 is 0 Å². The molecule has 0 aromatic carbocycles. The van der Waals surface area contributed by atoms with Gasteiger partial charge in [0.25, 0.3) is 5.56 Å². The van der Waals surface area contributed by atoms with Gasteiger partial charge in [0.1, 0.15) is 5.69 Å². The van der Waals surface area contributed by atoms with Crippen LogP contribution in [0.15, 0.2) is 22.3 Å². The van der Waals surface area contributed by atoms with E-state index in [1.807, 2.05) is 16.3 Å². The van der Waals surface area contributed by atoms with Gasteiger partial charge in [-0.25, -0.2) is 0 Å². The molecule has 1 aliphatic heterocycles. The van der Waals surface area contributed by atoms with Gasteiger partial charge >= 0.3 is 0 Å². The van der Waals surface area contributed by atoms with Gasteiger partial charge in [-0.1, -0.05) is 6.07 Å². The minimum Gasteiger partial charge on any atom is -0.369 e. The molecule has 1 atom stereocenters. The van der Waals surface area contributed by atoms with E-state index in [0.717, 1.165) is 6.42 Å². The van der Waals surface area contributed by atoms with Crippen molar-refractivity contribution in [3.05, 3.63) is 32.7 Å². The van der Waals surface area contributed by atoms with Gasteiger partial charge in [-0.15, -0.1) is 11.3 Å². The zero-order valence-electron chi connectivity index (χ0n) is 10.1. The normalized spacial score (nSPS) is 17.3. The van der Waals surface area contributed by atoms with Crippen molar-refractivity contribution < 1.29 is 0 Å². The largest absolute Gasteiger partial charge is 0.369 e. The molecule has 100 valence electrons. The summed E-state index contributed by atoms with van der Waals surface area (Å²) in [5, 5.41) is 4.95. The maximum absolute atomic E-state index is 11.7. The quantitative estimate of drug-likeness (QED) is 0.635. The first-order chi connectivity index (χ1) is 9.15. The minimum atomic E-state index is -0.453. The number of aromatic nitrogens is 2. The molecule has 0 bridgehead atoms. The van der Waals surface area contributed by atoms with E-state index in [1.54, 1.807) is 11.3 Å². The molecule has 7 nitrogen and oxygen atoms in total. The maximum atomic E-state index is 11.7. The van der Waals surface area contributed by atoms with Crippen molar-refractivity contribution in [2.24, 2.45) is 5.73 Å². The van der Waals surface area contributed by atoms with Crippen LogP contribution in [0.25, 0.3) is 0 Å². The molecule has 8 heteroatoms. The lowest BCUT2D eigenvalue weighted by atomic mass is 10.3. The zero-order chi connectivity index (χ0) is 13.4. The highest BCUT2D eigenvalue weighted by atomic mass is 32.1. The van der Waals surface area contributed by atoms with Crippen molar-refractivity contribution in [3.63, 3.8) is 0 Å². The Kier molecular flexibility index (Phi) is 2.88. The number of nitrogen functional groups attached to an aromatic ring is 1. The van der Waals surface area contributed by atoms with Gasteiger partial charge in [0.15, 0.2) is 12.1 Å². The van der Waals surface area contributed by atoms with Crippen LogP contribution in [0.5, 0.6) is 0 Å². The zero-order valence-corrected chi connectivity index (χ0v) is 10.9. The van der Waals surface area contributed by atoms with E-state index in [1.165, 1.54) is 4.88 Å². The molecular formula is C11H14N6OS. The fourth-order valence-corrected chi connectivity index (χ4v) is 2.80. The van der Waals surface area contributed by atoms with Crippen LogP contribution in [-0.2, 0) is 6.42 Å². The molecular weight excluding hydrogens is 264 g/mol. The summed E-state index contributed by atoms with van der Waals surface area (Å²) >= 11 is 1.69. The van der Waals surface area contributed by atoms with E-state index in [2.05, 4.69) is 21.4 Å². The number of nitrogens with one attached hydrogen (secondary N) is 2. The number of nitrogens with zero attached hydrogens (tertiary/aromatic N) is 2. The van der Waals surface area contributed by atoms with E-state index in [9.17, 15) is 4.79 Å². The summed E-state index contributed by atoms with van der Waals surface area (Å²) in [6, 6.07) is 4.08. The summed E-state index contributed by atoms with van der Waals surface area (Å²) in [5.41, 5.74) is 11.6. The lowest BCUT2D eigenvalue weighted by molar-refractivity contribution is 0.689. The Labute approximate surface area is 113 Å². The van der Waals surface area contributed by atoms with E-state index in [0.29, 0.717) is 18.1 Å². The number of H-pyrrole nitrogens is 1.